The van der Waals surface area contributed by atoms with Gasteiger partial charge in [0.25, 0.3) is 5.91 Å². The lowest BCUT2D eigenvalue weighted by atomic mass is 10.1. The number of H-pyrrole nitrogens is 1. The summed E-state index contributed by atoms with van der Waals surface area (Å²) in [6, 6.07) is 9.88. The summed E-state index contributed by atoms with van der Waals surface area (Å²) in [6.45, 7) is 1.78. The van der Waals surface area contributed by atoms with Gasteiger partial charge in [-0.3, -0.25) is 10.1 Å². The van der Waals surface area contributed by atoms with Gasteiger partial charge in [0.2, 0.25) is 0 Å². The molecular weight excluding hydrogens is 529 g/mol. The number of ether oxygens (including phenoxy) is 3. The molecule has 4 aromatic rings. The Labute approximate surface area is 219 Å². The largest absolute Gasteiger partial charge is 0.487 e. The molecule has 0 saturated carbocycles. The molecular formula is C24H19Cl2N3O6S. The lowest BCUT2D eigenvalue weighted by Crippen LogP contribution is -2.12. The van der Waals surface area contributed by atoms with E-state index in [0.29, 0.717) is 32.8 Å². The molecule has 0 unspecified atom stereocenters. The Morgan fingerprint density at radius 1 is 1.03 bits per heavy atom. The highest BCUT2D eigenvalue weighted by molar-refractivity contribution is 7.22. The van der Waals surface area contributed by atoms with Crippen LogP contribution in [0.5, 0.6) is 5.75 Å². The summed E-state index contributed by atoms with van der Waals surface area (Å²) in [5.41, 5.74) is 2.43. The minimum Gasteiger partial charge on any atom is -0.487 e. The number of aromatic amines is 1. The Morgan fingerprint density at radius 2 is 1.75 bits per heavy atom. The van der Waals surface area contributed by atoms with Crippen LogP contribution in [0.25, 0.3) is 10.2 Å². The molecule has 2 N–H and O–H groups in total. The molecule has 0 fully saturated rings. The van der Waals surface area contributed by atoms with E-state index < -0.39 is 17.8 Å². The van der Waals surface area contributed by atoms with Gasteiger partial charge in [-0.1, -0.05) is 46.7 Å². The fourth-order valence-corrected chi connectivity index (χ4v) is 4.69. The number of benzene rings is 2. The number of methoxy groups -OCH3 is 2. The molecule has 0 radical (unpaired) electrons. The van der Waals surface area contributed by atoms with E-state index in [9.17, 15) is 14.4 Å². The van der Waals surface area contributed by atoms with Crippen molar-refractivity contribution in [3.05, 3.63) is 74.5 Å². The number of nitrogens with zero attached hydrogens (tertiary/aromatic N) is 1. The van der Waals surface area contributed by atoms with Crippen LogP contribution >= 0.6 is 34.5 Å². The van der Waals surface area contributed by atoms with Crippen LogP contribution in [0.1, 0.15) is 42.5 Å². The van der Waals surface area contributed by atoms with Gasteiger partial charge in [-0.15, -0.1) is 0 Å². The standard InChI is InChI=1S/C24H19Cl2N3O6S/c1-11-17(25)18(26)20(27-11)21(30)29-24-28-19-15(8-14(23(32)34-3)9-16(19)36-24)35-10-12-5-4-6-13(7-12)22(31)33-2/h4-9,27H,10H2,1-3H3,(H,28,29,30). The third-order valence-electron chi connectivity index (χ3n) is 5.12. The minimum absolute atomic E-state index is 0.0830. The molecule has 0 aliphatic heterocycles. The zero-order chi connectivity index (χ0) is 26.0. The van der Waals surface area contributed by atoms with Crippen LogP contribution in [0.2, 0.25) is 10.0 Å². The van der Waals surface area contributed by atoms with Crippen LogP contribution in [-0.4, -0.2) is 42.0 Å². The SMILES string of the molecule is COC(=O)c1cccc(COc2cc(C(=O)OC)cc3sc(NC(=O)c4[nH]c(C)c(Cl)c4Cl)nc23)c1. The highest BCUT2D eigenvalue weighted by Crippen LogP contribution is 2.36. The number of thiazole rings is 1. The van der Waals surface area contributed by atoms with Gasteiger partial charge >= 0.3 is 11.9 Å². The molecule has 12 heteroatoms. The van der Waals surface area contributed by atoms with Crippen molar-refractivity contribution < 1.29 is 28.6 Å². The molecule has 0 aliphatic carbocycles. The Kier molecular flexibility index (Phi) is 7.48. The number of amides is 1. The Balaban J connectivity index is 1.65. The van der Waals surface area contributed by atoms with Crippen LogP contribution in [0.15, 0.2) is 36.4 Å². The molecule has 2 aromatic carbocycles. The normalized spacial score (nSPS) is 10.8. The number of hydrogen-bond acceptors (Lipinski definition) is 8. The highest BCUT2D eigenvalue weighted by Gasteiger charge is 2.21. The van der Waals surface area contributed by atoms with Crippen molar-refractivity contribution in [2.45, 2.75) is 13.5 Å². The lowest BCUT2D eigenvalue weighted by Gasteiger charge is -2.09. The molecule has 1 amide bonds. The third kappa shape index (κ3) is 5.15. The number of fused-ring (bicyclic) bond motifs is 1. The van der Waals surface area contributed by atoms with Crippen LogP contribution in [-0.2, 0) is 16.1 Å². The first-order valence-electron chi connectivity index (χ1n) is 10.4. The van der Waals surface area contributed by atoms with Crippen molar-refractivity contribution in [1.82, 2.24) is 9.97 Å². The van der Waals surface area contributed by atoms with Crippen LogP contribution in [0.4, 0.5) is 5.13 Å². The van der Waals surface area contributed by atoms with E-state index in [2.05, 4.69) is 15.3 Å². The Hall–Kier alpha value is -3.60. The van der Waals surface area contributed by atoms with Crippen molar-refractivity contribution in [1.29, 1.82) is 0 Å². The minimum atomic E-state index is -0.559. The molecule has 186 valence electrons. The topological polar surface area (TPSA) is 120 Å². The molecule has 0 spiro atoms. The smallest absolute Gasteiger partial charge is 0.338 e. The lowest BCUT2D eigenvalue weighted by molar-refractivity contribution is 0.0591. The number of aryl methyl sites for hydroxylation is 1. The van der Waals surface area contributed by atoms with Crippen molar-refractivity contribution in [3.8, 4) is 5.75 Å². The fraction of sp³-hybridized carbons (Fsp3) is 0.167. The number of halogens is 2. The van der Waals surface area contributed by atoms with Gasteiger partial charge in [0.05, 0.1) is 40.1 Å². The summed E-state index contributed by atoms with van der Waals surface area (Å²) in [5, 5.41) is 3.32. The maximum atomic E-state index is 12.7. The first-order chi connectivity index (χ1) is 17.2. The number of carbonyl (C=O) groups excluding carboxylic acids is 3. The van der Waals surface area contributed by atoms with Crippen LogP contribution in [0, 0.1) is 6.92 Å². The summed E-state index contributed by atoms with van der Waals surface area (Å²) in [6.07, 6.45) is 0. The fourth-order valence-electron chi connectivity index (χ4n) is 3.35. The van der Waals surface area contributed by atoms with Crippen LogP contribution in [0.3, 0.4) is 0 Å². The van der Waals surface area contributed by atoms with Gasteiger partial charge in [-0.25, -0.2) is 14.6 Å². The molecule has 0 aliphatic rings. The number of nitrogens with one attached hydrogen (secondary N) is 2. The van der Waals surface area contributed by atoms with E-state index >= 15 is 0 Å². The number of esters is 2. The number of hydrogen-bond donors (Lipinski definition) is 2. The summed E-state index contributed by atoms with van der Waals surface area (Å²) >= 11 is 13.4. The second kappa shape index (κ2) is 10.6. The summed E-state index contributed by atoms with van der Waals surface area (Å²) < 4.78 is 16.2. The molecule has 2 heterocycles. The van der Waals surface area contributed by atoms with E-state index in [1.807, 2.05) is 0 Å². The summed E-state index contributed by atoms with van der Waals surface area (Å²) in [4.78, 5) is 44.1. The second-order valence-electron chi connectivity index (χ2n) is 7.52. The predicted octanol–water partition coefficient (Wildman–Crippen LogP) is 5.64. The molecule has 2 aromatic heterocycles. The first-order valence-corrected chi connectivity index (χ1v) is 12.0. The molecule has 36 heavy (non-hydrogen) atoms. The van der Waals surface area contributed by atoms with Crippen LogP contribution < -0.4 is 10.1 Å². The van der Waals surface area contributed by atoms with E-state index in [4.69, 9.17) is 37.4 Å². The molecule has 0 bridgehead atoms. The second-order valence-corrected chi connectivity index (χ2v) is 9.31. The van der Waals surface area contributed by atoms with Crippen molar-refractivity contribution in [2.75, 3.05) is 19.5 Å². The molecule has 0 atom stereocenters. The quantitative estimate of drug-likeness (QED) is 0.287. The molecule has 4 rings (SSSR count). The molecule has 9 nitrogen and oxygen atoms in total. The average molecular weight is 548 g/mol. The van der Waals surface area contributed by atoms with Crippen molar-refractivity contribution in [2.24, 2.45) is 0 Å². The Morgan fingerprint density at radius 3 is 2.42 bits per heavy atom. The van der Waals surface area contributed by atoms with Gasteiger partial charge in [-0.05, 0) is 36.8 Å². The van der Waals surface area contributed by atoms with Gasteiger partial charge < -0.3 is 19.2 Å². The maximum absolute atomic E-state index is 12.7. The monoisotopic (exact) mass is 547 g/mol. The molecule has 0 saturated heterocycles. The average Bonchev–Trinajstić information content (AvgIpc) is 3.41. The van der Waals surface area contributed by atoms with Gasteiger partial charge in [0.1, 0.15) is 23.6 Å². The van der Waals surface area contributed by atoms with E-state index in [0.717, 1.165) is 11.3 Å². The number of carbonyl (C=O) groups is 3. The van der Waals surface area contributed by atoms with Crippen molar-refractivity contribution >= 4 is 67.7 Å². The van der Waals surface area contributed by atoms with E-state index in [-0.39, 0.29) is 33.0 Å². The van der Waals surface area contributed by atoms with Crippen molar-refractivity contribution in [3.63, 3.8) is 0 Å². The summed E-state index contributed by atoms with van der Waals surface area (Å²) in [7, 11) is 2.58. The van der Waals surface area contributed by atoms with Gasteiger partial charge in [0, 0.05) is 5.69 Å². The van der Waals surface area contributed by atoms with E-state index in [1.165, 1.54) is 20.3 Å². The van der Waals surface area contributed by atoms with Gasteiger partial charge in [-0.2, -0.15) is 0 Å². The maximum Gasteiger partial charge on any atom is 0.338 e. The Bertz CT molecular complexity index is 1500. The zero-order valence-electron chi connectivity index (χ0n) is 19.2. The van der Waals surface area contributed by atoms with Gasteiger partial charge in [0.15, 0.2) is 5.13 Å². The van der Waals surface area contributed by atoms with E-state index in [1.54, 1.807) is 37.3 Å². The number of rotatable bonds is 7. The first kappa shape index (κ1) is 25.5. The summed E-state index contributed by atoms with van der Waals surface area (Å²) in [5.74, 6) is -1.25. The highest BCUT2D eigenvalue weighted by atomic mass is 35.5. The number of aromatic nitrogens is 2. The third-order valence-corrected chi connectivity index (χ3v) is 6.99. The number of anilines is 1. The predicted molar refractivity (Wildman–Crippen MR) is 137 cm³/mol. The zero-order valence-corrected chi connectivity index (χ0v) is 21.6.